The molecule has 6 nitrogen and oxygen atoms in total. The van der Waals surface area contributed by atoms with E-state index in [4.69, 9.17) is 20.4 Å². The first-order chi connectivity index (χ1) is 9.72. The predicted octanol–water partition coefficient (Wildman–Crippen LogP) is 1.76. The number of hydrogen-bond donors (Lipinski definition) is 2. The van der Waals surface area contributed by atoms with E-state index >= 15 is 0 Å². The molecule has 20 heavy (non-hydrogen) atoms. The number of nitrogens with two attached hydrogens (primary N) is 1. The maximum Gasteiger partial charge on any atom is 0.213 e. The summed E-state index contributed by atoms with van der Waals surface area (Å²) in [4.78, 5) is 4.25. The van der Waals surface area contributed by atoms with Gasteiger partial charge in [-0.15, -0.1) is 0 Å². The van der Waals surface area contributed by atoms with Crippen molar-refractivity contribution >= 4 is 5.84 Å². The van der Waals surface area contributed by atoms with Crippen molar-refractivity contribution in [2.75, 3.05) is 7.11 Å². The maximum atomic E-state index is 8.57. The van der Waals surface area contributed by atoms with Crippen molar-refractivity contribution in [2.45, 2.75) is 6.61 Å². The fourth-order valence-corrected chi connectivity index (χ4v) is 1.59. The van der Waals surface area contributed by atoms with E-state index in [9.17, 15) is 0 Å². The maximum absolute atomic E-state index is 8.57. The first-order valence-corrected chi connectivity index (χ1v) is 5.93. The van der Waals surface area contributed by atoms with Gasteiger partial charge in [-0.3, -0.25) is 0 Å². The number of hydrogen-bond acceptors (Lipinski definition) is 5. The summed E-state index contributed by atoms with van der Waals surface area (Å²) in [6, 6.07) is 12.4. The summed E-state index contributed by atoms with van der Waals surface area (Å²) in [5, 5.41) is 11.5. The summed E-state index contributed by atoms with van der Waals surface area (Å²) < 4.78 is 10.6. The number of methoxy groups -OCH3 is 1. The second-order valence-electron chi connectivity index (χ2n) is 3.97. The van der Waals surface area contributed by atoms with E-state index in [2.05, 4.69) is 10.1 Å². The Hall–Kier alpha value is -2.76. The Morgan fingerprint density at radius 1 is 1.25 bits per heavy atom. The van der Waals surface area contributed by atoms with Crippen LogP contribution in [-0.4, -0.2) is 23.1 Å². The molecule has 0 aliphatic heterocycles. The summed E-state index contributed by atoms with van der Waals surface area (Å²) in [7, 11) is 1.57. The van der Waals surface area contributed by atoms with E-state index in [1.165, 1.54) is 0 Å². The van der Waals surface area contributed by atoms with Crippen molar-refractivity contribution in [2.24, 2.45) is 10.9 Å². The lowest BCUT2D eigenvalue weighted by molar-refractivity contribution is 0.298. The van der Waals surface area contributed by atoms with Crippen LogP contribution in [0.5, 0.6) is 11.6 Å². The van der Waals surface area contributed by atoms with Crippen LogP contribution in [-0.2, 0) is 6.61 Å². The van der Waals surface area contributed by atoms with Gasteiger partial charge in [0.1, 0.15) is 12.4 Å². The average molecular weight is 273 g/mol. The second kappa shape index (κ2) is 6.42. The second-order valence-corrected chi connectivity index (χ2v) is 3.97. The highest BCUT2D eigenvalue weighted by Gasteiger charge is 2.02. The molecule has 0 fully saturated rings. The van der Waals surface area contributed by atoms with Crippen molar-refractivity contribution in [1.82, 2.24) is 4.98 Å². The minimum absolute atomic E-state index is 0.0611. The van der Waals surface area contributed by atoms with Gasteiger partial charge in [0, 0.05) is 11.6 Å². The quantitative estimate of drug-likeness (QED) is 0.375. The average Bonchev–Trinajstić information content (AvgIpc) is 2.53. The number of benzene rings is 1. The zero-order valence-corrected chi connectivity index (χ0v) is 11.0. The van der Waals surface area contributed by atoms with Gasteiger partial charge in [-0.1, -0.05) is 11.2 Å². The van der Waals surface area contributed by atoms with Crippen LogP contribution in [0.2, 0.25) is 0 Å². The van der Waals surface area contributed by atoms with Crippen molar-refractivity contribution in [1.29, 1.82) is 0 Å². The highest BCUT2D eigenvalue weighted by Crippen LogP contribution is 2.14. The summed E-state index contributed by atoms with van der Waals surface area (Å²) in [6.45, 7) is 0.333. The standard InChI is InChI=1S/C14H15N3O3/c1-19-13-4-2-3-11(16-13)9-20-12-7-5-10(6-8-12)14(15)17-18/h2-8,18H,9H2,1H3,(H2,15,17). The van der Waals surface area contributed by atoms with Crippen LogP contribution in [0.1, 0.15) is 11.3 Å². The normalized spacial score (nSPS) is 11.2. The molecule has 2 rings (SSSR count). The third-order valence-corrected chi connectivity index (χ3v) is 2.63. The molecule has 3 N–H and O–H groups in total. The van der Waals surface area contributed by atoms with Gasteiger partial charge in [-0.2, -0.15) is 0 Å². The highest BCUT2D eigenvalue weighted by atomic mass is 16.5. The molecule has 0 unspecified atom stereocenters. The van der Waals surface area contributed by atoms with E-state index in [1.54, 1.807) is 37.4 Å². The van der Waals surface area contributed by atoms with E-state index in [1.807, 2.05) is 12.1 Å². The number of aromatic nitrogens is 1. The number of amidine groups is 1. The van der Waals surface area contributed by atoms with Crippen molar-refractivity contribution in [3.05, 3.63) is 53.7 Å². The zero-order valence-electron chi connectivity index (χ0n) is 11.0. The van der Waals surface area contributed by atoms with Crippen LogP contribution in [0.25, 0.3) is 0 Å². The molecule has 0 atom stereocenters. The summed E-state index contributed by atoms with van der Waals surface area (Å²) in [6.07, 6.45) is 0. The fourth-order valence-electron chi connectivity index (χ4n) is 1.59. The van der Waals surface area contributed by atoms with Crippen molar-refractivity contribution in [3.63, 3.8) is 0 Å². The predicted molar refractivity (Wildman–Crippen MR) is 74.1 cm³/mol. The Kier molecular flexibility index (Phi) is 4.39. The first-order valence-electron chi connectivity index (χ1n) is 5.93. The zero-order chi connectivity index (χ0) is 14.4. The summed E-state index contributed by atoms with van der Waals surface area (Å²) in [5.41, 5.74) is 6.87. The van der Waals surface area contributed by atoms with Crippen LogP contribution >= 0.6 is 0 Å². The van der Waals surface area contributed by atoms with Crippen LogP contribution in [0.4, 0.5) is 0 Å². The topological polar surface area (TPSA) is 90.0 Å². The molecule has 0 aliphatic rings. The fraction of sp³-hybridized carbons (Fsp3) is 0.143. The molecule has 0 saturated carbocycles. The number of ether oxygens (including phenoxy) is 2. The number of rotatable bonds is 5. The molecule has 6 heteroatoms. The first kappa shape index (κ1) is 13.7. The van der Waals surface area contributed by atoms with Crippen LogP contribution in [0, 0.1) is 0 Å². The van der Waals surface area contributed by atoms with Gasteiger partial charge in [0.05, 0.1) is 12.8 Å². The minimum Gasteiger partial charge on any atom is -0.487 e. The van der Waals surface area contributed by atoms with Gasteiger partial charge < -0.3 is 20.4 Å². The molecule has 1 aromatic heterocycles. The molecular weight excluding hydrogens is 258 g/mol. The third-order valence-electron chi connectivity index (χ3n) is 2.63. The van der Waals surface area contributed by atoms with Crippen molar-refractivity contribution < 1.29 is 14.7 Å². The van der Waals surface area contributed by atoms with Crippen LogP contribution in [0.15, 0.2) is 47.6 Å². The molecule has 1 aromatic carbocycles. The van der Waals surface area contributed by atoms with Gasteiger partial charge in [-0.25, -0.2) is 4.98 Å². The third kappa shape index (κ3) is 3.38. The van der Waals surface area contributed by atoms with Crippen LogP contribution in [0.3, 0.4) is 0 Å². The Labute approximate surface area is 116 Å². The smallest absolute Gasteiger partial charge is 0.213 e. The number of pyridine rings is 1. The monoisotopic (exact) mass is 273 g/mol. The number of nitrogens with zero attached hydrogens (tertiary/aromatic N) is 2. The van der Waals surface area contributed by atoms with E-state index in [0.717, 1.165) is 5.69 Å². The molecule has 0 aliphatic carbocycles. The molecule has 0 saturated heterocycles. The van der Waals surface area contributed by atoms with E-state index < -0.39 is 0 Å². The Morgan fingerprint density at radius 2 is 2.00 bits per heavy atom. The molecular formula is C14H15N3O3. The molecule has 104 valence electrons. The molecule has 0 spiro atoms. The molecule has 2 aromatic rings. The van der Waals surface area contributed by atoms with Gasteiger partial charge in [0.25, 0.3) is 0 Å². The molecule has 0 amide bonds. The van der Waals surface area contributed by atoms with E-state index in [-0.39, 0.29) is 5.84 Å². The minimum atomic E-state index is 0.0611. The lowest BCUT2D eigenvalue weighted by atomic mass is 10.2. The highest BCUT2D eigenvalue weighted by molar-refractivity contribution is 5.97. The summed E-state index contributed by atoms with van der Waals surface area (Å²) in [5.74, 6) is 1.28. The Bertz CT molecular complexity index is 597. The van der Waals surface area contributed by atoms with Gasteiger partial charge in [0.15, 0.2) is 5.84 Å². The van der Waals surface area contributed by atoms with Gasteiger partial charge >= 0.3 is 0 Å². The lowest BCUT2D eigenvalue weighted by Crippen LogP contribution is -2.12. The molecule has 0 bridgehead atoms. The lowest BCUT2D eigenvalue weighted by Gasteiger charge is -2.07. The Morgan fingerprint density at radius 3 is 2.65 bits per heavy atom. The largest absolute Gasteiger partial charge is 0.487 e. The van der Waals surface area contributed by atoms with Crippen LogP contribution < -0.4 is 15.2 Å². The number of oxime groups is 1. The van der Waals surface area contributed by atoms with Gasteiger partial charge in [0.2, 0.25) is 5.88 Å². The van der Waals surface area contributed by atoms with Gasteiger partial charge in [-0.05, 0) is 30.3 Å². The Balaban J connectivity index is 2.00. The molecule has 0 radical (unpaired) electrons. The summed E-state index contributed by atoms with van der Waals surface area (Å²) >= 11 is 0. The SMILES string of the molecule is COc1cccc(COc2ccc(C(N)=NO)cc2)n1. The molecule has 1 heterocycles. The van der Waals surface area contributed by atoms with E-state index in [0.29, 0.717) is 23.8 Å². The van der Waals surface area contributed by atoms with Crippen molar-refractivity contribution in [3.8, 4) is 11.6 Å².